The van der Waals surface area contributed by atoms with E-state index in [9.17, 15) is 14.7 Å². The van der Waals surface area contributed by atoms with Crippen LogP contribution in [0.5, 0.6) is 0 Å². The van der Waals surface area contributed by atoms with E-state index in [-0.39, 0.29) is 6.54 Å². The van der Waals surface area contributed by atoms with Crippen molar-refractivity contribution in [1.82, 2.24) is 24.5 Å². The number of aromatic amines is 1. The molecule has 0 amide bonds. The number of H-pyrrole nitrogens is 1. The molecule has 142 valence electrons. The number of aryl methyl sites for hydroxylation is 2. The van der Waals surface area contributed by atoms with E-state index in [1.807, 2.05) is 0 Å². The van der Waals surface area contributed by atoms with Crippen molar-refractivity contribution in [1.29, 1.82) is 0 Å². The predicted octanol–water partition coefficient (Wildman–Crippen LogP) is 1.32. The second-order valence-corrected chi connectivity index (χ2v) is 7.01. The van der Waals surface area contributed by atoms with Gasteiger partial charge in [-0.1, -0.05) is 28.9 Å². The Balaban J connectivity index is 1.66. The topological polar surface area (TPSA) is 106 Å². The summed E-state index contributed by atoms with van der Waals surface area (Å²) in [6.07, 6.45) is 4.40. The van der Waals surface area contributed by atoms with Crippen molar-refractivity contribution in [3.8, 4) is 0 Å². The van der Waals surface area contributed by atoms with Crippen LogP contribution in [0.15, 0.2) is 52.3 Å². The third-order valence-electron chi connectivity index (χ3n) is 4.35. The molecule has 3 aromatic rings. The SMILES string of the molecule is C[C@@](O)(Cn1nncc1CCCn1ccc(=O)[nH]c1=O)c1ccc(Cl)cc1. The first kappa shape index (κ1) is 19.1. The van der Waals surface area contributed by atoms with Crippen LogP contribution in [-0.4, -0.2) is 29.7 Å². The predicted molar refractivity (Wildman–Crippen MR) is 101 cm³/mol. The standard InChI is InChI=1S/C18H20ClN5O3/c1-18(27,13-4-6-14(19)7-5-13)12-24-15(11-20-22-24)3-2-9-23-10-8-16(25)21-17(23)26/h4-8,10-11,27H,2-3,9,12H2,1H3,(H,21,25,26)/t18-/m1/s1. The van der Waals surface area contributed by atoms with Crippen molar-refractivity contribution in [2.75, 3.05) is 0 Å². The fourth-order valence-electron chi connectivity index (χ4n) is 2.85. The highest BCUT2D eigenvalue weighted by Gasteiger charge is 2.25. The molecule has 0 bridgehead atoms. The molecule has 0 unspecified atom stereocenters. The number of hydrogen-bond donors (Lipinski definition) is 2. The zero-order valence-corrected chi connectivity index (χ0v) is 15.6. The van der Waals surface area contributed by atoms with Gasteiger partial charge in [-0.25, -0.2) is 9.48 Å². The van der Waals surface area contributed by atoms with E-state index in [1.54, 1.807) is 42.1 Å². The van der Waals surface area contributed by atoms with E-state index in [0.29, 0.717) is 24.4 Å². The number of nitrogens with zero attached hydrogens (tertiary/aromatic N) is 4. The number of halogens is 1. The molecule has 2 N–H and O–H groups in total. The fourth-order valence-corrected chi connectivity index (χ4v) is 2.97. The molecule has 1 aromatic carbocycles. The summed E-state index contributed by atoms with van der Waals surface area (Å²) in [5, 5.41) is 19.4. The third kappa shape index (κ3) is 4.72. The van der Waals surface area contributed by atoms with Crippen LogP contribution in [-0.2, 0) is 25.1 Å². The van der Waals surface area contributed by atoms with E-state index >= 15 is 0 Å². The lowest BCUT2D eigenvalue weighted by atomic mass is 9.96. The molecule has 0 saturated carbocycles. The summed E-state index contributed by atoms with van der Waals surface area (Å²) in [7, 11) is 0. The molecule has 0 aliphatic rings. The Hall–Kier alpha value is -2.71. The summed E-state index contributed by atoms with van der Waals surface area (Å²) in [6.45, 7) is 2.40. The van der Waals surface area contributed by atoms with E-state index < -0.39 is 16.9 Å². The molecule has 0 radical (unpaired) electrons. The van der Waals surface area contributed by atoms with Crippen LogP contribution < -0.4 is 11.2 Å². The second-order valence-electron chi connectivity index (χ2n) is 6.57. The maximum absolute atomic E-state index is 11.7. The van der Waals surface area contributed by atoms with E-state index in [0.717, 1.165) is 11.3 Å². The van der Waals surface area contributed by atoms with Crippen LogP contribution in [0.4, 0.5) is 0 Å². The number of aliphatic hydroxyl groups is 1. The average Bonchev–Trinajstić information content (AvgIpc) is 3.03. The Bertz CT molecular complexity index is 1020. The minimum Gasteiger partial charge on any atom is -0.384 e. The van der Waals surface area contributed by atoms with Gasteiger partial charge in [0.05, 0.1) is 18.4 Å². The van der Waals surface area contributed by atoms with Crippen LogP contribution in [0.25, 0.3) is 0 Å². The molecule has 27 heavy (non-hydrogen) atoms. The number of hydrogen-bond acceptors (Lipinski definition) is 5. The first-order chi connectivity index (χ1) is 12.8. The molecule has 0 saturated heterocycles. The lowest BCUT2D eigenvalue weighted by Crippen LogP contribution is -2.30. The Kier molecular flexibility index (Phi) is 5.57. The lowest BCUT2D eigenvalue weighted by Gasteiger charge is -2.24. The van der Waals surface area contributed by atoms with Gasteiger partial charge in [-0.3, -0.25) is 9.78 Å². The smallest absolute Gasteiger partial charge is 0.328 e. The van der Waals surface area contributed by atoms with Gasteiger partial charge in [-0.15, -0.1) is 5.10 Å². The average molecular weight is 390 g/mol. The molecule has 0 fully saturated rings. The van der Waals surface area contributed by atoms with Crippen LogP contribution in [0.1, 0.15) is 24.6 Å². The normalized spacial score (nSPS) is 13.4. The van der Waals surface area contributed by atoms with Crippen LogP contribution >= 0.6 is 11.6 Å². The molecule has 8 nitrogen and oxygen atoms in total. The van der Waals surface area contributed by atoms with Gasteiger partial charge < -0.3 is 9.67 Å². The number of aromatic nitrogens is 5. The quantitative estimate of drug-likeness (QED) is 0.634. The summed E-state index contributed by atoms with van der Waals surface area (Å²) >= 11 is 5.90. The minimum atomic E-state index is -1.14. The highest BCUT2D eigenvalue weighted by molar-refractivity contribution is 6.30. The first-order valence-electron chi connectivity index (χ1n) is 8.51. The summed E-state index contributed by atoms with van der Waals surface area (Å²) in [6, 6.07) is 8.34. The van der Waals surface area contributed by atoms with Gasteiger partial charge in [0.1, 0.15) is 5.60 Å². The Morgan fingerprint density at radius 2 is 1.96 bits per heavy atom. The van der Waals surface area contributed by atoms with Crippen molar-refractivity contribution in [3.05, 3.63) is 79.8 Å². The third-order valence-corrected chi connectivity index (χ3v) is 4.60. The molecule has 2 aromatic heterocycles. The molecular formula is C18H20ClN5O3. The van der Waals surface area contributed by atoms with Gasteiger partial charge in [0.2, 0.25) is 0 Å². The lowest BCUT2D eigenvalue weighted by molar-refractivity contribution is 0.0332. The molecule has 0 aliphatic carbocycles. The molecule has 0 aliphatic heterocycles. The highest BCUT2D eigenvalue weighted by Crippen LogP contribution is 2.24. The van der Waals surface area contributed by atoms with Crippen LogP contribution in [0.2, 0.25) is 5.02 Å². The molecule has 2 heterocycles. The fraction of sp³-hybridized carbons (Fsp3) is 0.333. The van der Waals surface area contributed by atoms with E-state index in [2.05, 4.69) is 15.3 Å². The Labute approximate surface area is 160 Å². The zero-order chi connectivity index (χ0) is 19.4. The Morgan fingerprint density at radius 3 is 2.67 bits per heavy atom. The van der Waals surface area contributed by atoms with Crippen molar-refractivity contribution >= 4 is 11.6 Å². The summed E-state index contributed by atoms with van der Waals surface area (Å²) in [5.74, 6) is 0. The van der Waals surface area contributed by atoms with Gasteiger partial charge in [-0.2, -0.15) is 0 Å². The summed E-state index contributed by atoms with van der Waals surface area (Å²) in [4.78, 5) is 25.0. The second kappa shape index (κ2) is 7.89. The molecule has 9 heteroatoms. The monoisotopic (exact) mass is 389 g/mol. The van der Waals surface area contributed by atoms with Crippen molar-refractivity contribution in [2.45, 2.75) is 38.5 Å². The van der Waals surface area contributed by atoms with Crippen molar-refractivity contribution in [2.24, 2.45) is 0 Å². The number of benzene rings is 1. The van der Waals surface area contributed by atoms with Gasteiger partial charge in [0.25, 0.3) is 5.56 Å². The maximum atomic E-state index is 11.7. The molecule has 3 rings (SSSR count). The van der Waals surface area contributed by atoms with Crippen LogP contribution in [0.3, 0.4) is 0 Å². The summed E-state index contributed by atoms with van der Waals surface area (Å²) in [5.41, 5.74) is -0.402. The minimum absolute atomic E-state index is 0.239. The molecule has 1 atom stereocenters. The van der Waals surface area contributed by atoms with Crippen LogP contribution in [0, 0.1) is 0 Å². The zero-order valence-electron chi connectivity index (χ0n) is 14.8. The number of nitrogens with one attached hydrogen (secondary N) is 1. The van der Waals surface area contributed by atoms with Gasteiger partial charge in [0.15, 0.2) is 0 Å². The first-order valence-corrected chi connectivity index (χ1v) is 8.88. The molecular weight excluding hydrogens is 370 g/mol. The Morgan fingerprint density at radius 1 is 1.22 bits per heavy atom. The molecule has 0 spiro atoms. The van der Waals surface area contributed by atoms with E-state index in [4.69, 9.17) is 11.6 Å². The van der Waals surface area contributed by atoms with Crippen molar-refractivity contribution < 1.29 is 5.11 Å². The van der Waals surface area contributed by atoms with Gasteiger partial charge >= 0.3 is 5.69 Å². The summed E-state index contributed by atoms with van der Waals surface area (Å²) < 4.78 is 3.10. The maximum Gasteiger partial charge on any atom is 0.328 e. The largest absolute Gasteiger partial charge is 0.384 e. The van der Waals surface area contributed by atoms with Crippen molar-refractivity contribution in [3.63, 3.8) is 0 Å². The highest BCUT2D eigenvalue weighted by atomic mass is 35.5. The number of rotatable bonds is 7. The van der Waals surface area contributed by atoms with Gasteiger partial charge in [0, 0.05) is 23.8 Å². The van der Waals surface area contributed by atoms with Gasteiger partial charge in [-0.05, 0) is 37.5 Å². The van der Waals surface area contributed by atoms with E-state index in [1.165, 1.54) is 16.8 Å².